The number of aliphatic hydroxyl groups excluding tert-OH is 3. The Bertz CT molecular complexity index is 1560. The van der Waals surface area contributed by atoms with Crippen LogP contribution in [0.25, 0.3) is 0 Å². The molecular formula is C31H39F3N3O10-. The van der Waals surface area contributed by atoms with Crippen LogP contribution in [0, 0.1) is 0 Å². The van der Waals surface area contributed by atoms with Crippen molar-refractivity contribution in [1.29, 1.82) is 0 Å². The summed E-state index contributed by atoms with van der Waals surface area (Å²) in [6, 6.07) is 7.60. The Morgan fingerprint density at radius 3 is 2.53 bits per heavy atom. The van der Waals surface area contributed by atoms with Crippen LogP contribution >= 0.6 is 0 Å². The number of carbonyl (C=O) groups excluding carboxylic acids is 2. The largest absolute Gasteiger partial charge is 0.547 e. The van der Waals surface area contributed by atoms with E-state index in [1.165, 1.54) is 12.1 Å². The van der Waals surface area contributed by atoms with Gasteiger partial charge < -0.3 is 60.1 Å². The number of anilines is 1. The maximum absolute atomic E-state index is 12.7. The van der Waals surface area contributed by atoms with Gasteiger partial charge in [0.2, 0.25) is 0 Å². The zero-order valence-electron chi connectivity index (χ0n) is 29.2. The van der Waals surface area contributed by atoms with E-state index in [-0.39, 0.29) is 18.6 Å². The minimum absolute atomic E-state index is 0.0608. The Morgan fingerprint density at radius 1 is 1.17 bits per heavy atom. The predicted molar refractivity (Wildman–Crippen MR) is 158 cm³/mol. The van der Waals surface area contributed by atoms with Crippen molar-refractivity contribution in [3.05, 3.63) is 53.1 Å². The molecule has 0 bridgehead atoms. The molecule has 16 heteroatoms. The number of nitrogens with one attached hydrogen (secondary N) is 1. The minimum atomic E-state index is -4.67. The summed E-state index contributed by atoms with van der Waals surface area (Å²) in [5, 5.41) is 43.6. The molecule has 0 aliphatic carbocycles. The summed E-state index contributed by atoms with van der Waals surface area (Å²) in [4.78, 5) is 25.6. The number of carboxylic acids is 1. The second-order valence-corrected chi connectivity index (χ2v) is 11.1. The Kier molecular flexibility index (Phi) is 10.4. The third-order valence-electron chi connectivity index (χ3n) is 7.45. The maximum Gasteiger partial charge on any atom is 0.422 e. The van der Waals surface area contributed by atoms with Gasteiger partial charge in [-0.3, -0.25) is 4.79 Å². The number of aliphatic carboxylic acids is 1. The second-order valence-electron chi connectivity index (χ2n) is 11.1. The third kappa shape index (κ3) is 9.68. The van der Waals surface area contributed by atoms with Gasteiger partial charge in [-0.2, -0.15) is 13.2 Å². The average molecular weight is 675 g/mol. The number of nitrogens with zero attached hydrogens (tertiary/aromatic N) is 1. The van der Waals surface area contributed by atoms with Crippen molar-refractivity contribution >= 4 is 17.6 Å². The lowest BCUT2D eigenvalue weighted by atomic mass is 9.98. The van der Waals surface area contributed by atoms with E-state index in [0.717, 1.165) is 17.7 Å². The molecule has 47 heavy (non-hydrogen) atoms. The highest BCUT2D eigenvalue weighted by Crippen LogP contribution is 2.34. The molecule has 1 amide bonds. The molecule has 260 valence electrons. The molecule has 2 aliphatic rings. The fourth-order valence-electron chi connectivity index (χ4n) is 5.31. The number of rotatable bonds is 16. The summed E-state index contributed by atoms with van der Waals surface area (Å²) < 4.78 is 91.8. The van der Waals surface area contributed by atoms with Gasteiger partial charge in [0.25, 0.3) is 5.91 Å². The average Bonchev–Trinajstić information content (AvgIpc) is 3.43. The highest BCUT2D eigenvalue weighted by molar-refractivity contribution is 6.00. The number of para-hydroxylation sites is 2. The van der Waals surface area contributed by atoms with Gasteiger partial charge in [-0.1, -0.05) is 18.2 Å². The number of benzene rings is 2. The number of aliphatic hydroxyl groups is 3. The van der Waals surface area contributed by atoms with Gasteiger partial charge in [0.15, 0.2) is 24.4 Å². The van der Waals surface area contributed by atoms with E-state index in [9.17, 15) is 43.2 Å². The molecule has 13 nitrogen and oxygen atoms in total. The molecule has 1 saturated heterocycles. The number of ether oxygens (including phenoxy) is 4. The van der Waals surface area contributed by atoms with E-state index in [1.54, 1.807) is 13.0 Å². The summed E-state index contributed by atoms with van der Waals surface area (Å²) in [7, 11) is 0. The standard InChI is InChI=1S/C31H40F3N3O10/c1-17(36-8-12-44-21-5-2-3-6-22(21)46-16-31(32,33)34)13-18-14-19-7-10-37(23(19)20(15-18)28(35)41)9-4-11-45-30-26(40)24(38)25(39)27(47-30)29(42)43/h2-3,5-6,14-15,17,24-27,30,36,38-40H,4,7-13,16H2,1H3,(H2,35,41)(H,42,43)/p-1/t17-,24+,25+,26-,27+,30-/m1/s1/i8D2,12D2. The van der Waals surface area contributed by atoms with Crippen molar-refractivity contribution in [2.75, 3.05) is 44.3 Å². The van der Waals surface area contributed by atoms with Crippen LogP contribution in [0.2, 0.25) is 0 Å². The molecule has 6 N–H and O–H groups in total. The Labute approximate surface area is 274 Å². The maximum atomic E-state index is 12.7. The summed E-state index contributed by atoms with van der Waals surface area (Å²) in [6.07, 6.45) is -12.7. The summed E-state index contributed by atoms with van der Waals surface area (Å²) in [6.45, 7) is -5.28. The number of alkyl halides is 3. The summed E-state index contributed by atoms with van der Waals surface area (Å²) in [5.41, 5.74) is 7.83. The van der Waals surface area contributed by atoms with Crippen LogP contribution in [0.5, 0.6) is 11.5 Å². The molecule has 2 aliphatic heterocycles. The number of hydrogen-bond acceptors (Lipinski definition) is 12. The topological polar surface area (TPSA) is 196 Å². The Hall–Kier alpha value is -3.67. The first-order chi connectivity index (χ1) is 23.7. The van der Waals surface area contributed by atoms with Crippen molar-refractivity contribution < 1.29 is 67.6 Å². The van der Waals surface area contributed by atoms with Crippen molar-refractivity contribution in [3.8, 4) is 11.5 Å². The van der Waals surface area contributed by atoms with Gasteiger partial charge in [-0.25, -0.2) is 0 Å². The van der Waals surface area contributed by atoms with Crippen LogP contribution < -0.4 is 30.5 Å². The number of halogens is 3. The second kappa shape index (κ2) is 16.0. The molecule has 2 aromatic carbocycles. The van der Waals surface area contributed by atoms with Crippen LogP contribution in [0.4, 0.5) is 18.9 Å². The molecular weight excluding hydrogens is 631 g/mol. The lowest BCUT2D eigenvalue weighted by Gasteiger charge is -2.40. The number of amides is 1. The highest BCUT2D eigenvalue weighted by Gasteiger charge is 2.44. The first kappa shape index (κ1) is 30.7. The fourth-order valence-corrected chi connectivity index (χ4v) is 5.31. The zero-order valence-corrected chi connectivity index (χ0v) is 25.2. The first-order valence-electron chi connectivity index (χ1n) is 16.7. The van der Waals surface area contributed by atoms with Crippen LogP contribution in [0.3, 0.4) is 0 Å². The number of nitrogens with two attached hydrogens (primary N) is 1. The van der Waals surface area contributed by atoms with E-state index in [4.69, 9.17) is 30.2 Å². The van der Waals surface area contributed by atoms with Gasteiger partial charge in [-0.05, 0) is 55.5 Å². The Morgan fingerprint density at radius 2 is 1.87 bits per heavy atom. The number of primary amides is 1. The minimum Gasteiger partial charge on any atom is -0.547 e. The van der Waals surface area contributed by atoms with E-state index in [1.807, 2.05) is 11.0 Å². The van der Waals surface area contributed by atoms with Crippen LogP contribution in [0.1, 0.15) is 40.3 Å². The number of fused-ring (bicyclic) bond motifs is 1. The summed E-state index contributed by atoms with van der Waals surface area (Å²) >= 11 is 0. The number of carbonyl (C=O) groups is 2. The smallest absolute Gasteiger partial charge is 0.422 e. The van der Waals surface area contributed by atoms with E-state index in [0.29, 0.717) is 37.2 Å². The van der Waals surface area contributed by atoms with Crippen LogP contribution in [0.15, 0.2) is 36.4 Å². The van der Waals surface area contributed by atoms with E-state index in [2.05, 4.69) is 5.32 Å². The first-order valence-corrected chi connectivity index (χ1v) is 14.7. The SMILES string of the molecule is [2H]C([2H])(N[C@H](C)Cc1cc2c(c(C(N)=O)c1)N(CCCO[C@@H]1O[C@H](C(=O)[O-])[C@@H](O)[C@H](O)[C@H]1O)CC2)C([2H])([2H])Oc1ccccc1OCC(F)(F)F. The van der Waals surface area contributed by atoms with E-state index < -0.39 is 86.0 Å². The highest BCUT2D eigenvalue weighted by atomic mass is 19.4. The molecule has 4 rings (SSSR count). The predicted octanol–water partition coefficient (Wildman–Crippen LogP) is -0.347. The van der Waals surface area contributed by atoms with Crippen LogP contribution in [-0.2, 0) is 27.1 Å². The van der Waals surface area contributed by atoms with Crippen molar-refractivity contribution in [2.45, 2.75) is 69.1 Å². The monoisotopic (exact) mass is 674 g/mol. The molecule has 1 fully saturated rings. The van der Waals surface area contributed by atoms with Crippen LogP contribution in [-0.4, -0.2) is 109 Å². The molecule has 0 radical (unpaired) electrons. The van der Waals surface area contributed by atoms with Gasteiger partial charge in [0, 0.05) is 28.4 Å². The van der Waals surface area contributed by atoms with Crippen molar-refractivity contribution in [2.24, 2.45) is 5.73 Å². The lowest BCUT2D eigenvalue weighted by molar-refractivity contribution is -0.349. The lowest BCUT2D eigenvalue weighted by Crippen LogP contribution is -2.62. The fraction of sp³-hybridized carbons (Fsp3) is 0.548. The van der Waals surface area contributed by atoms with Crippen molar-refractivity contribution in [1.82, 2.24) is 5.32 Å². The quantitative estimate of drug-likeness (QED) is 0.146. The van der Waals surface area contributed by atoms with Gasteiger partial charge >= 0.3 is 6.18 Å². The summed E-state index contributed by atoms with van der Waals surface area (Å²) in [5.74, 6) is -3.38. The molecule has 6 atom stereocenters. The third-order valence-corrected chi connectivity index (χ3v) is 7.45. The molecule has 2 aromatic rings. The number of hydrogen-bond donors (Lipinski definition) is 5. The van der Waals surface area contributed by atoms with Gasteiger partial charge in [0.05, 0.1) is 26.6 Å². The molecule has 0 aromatic heterocycles. The van der Waals surface area contributed by atoms with Gasteiger partial charge in [-0.15, -0.1) is 0 Å². The van der Waals surface area contributed by atoms with Gasteiger partial charge in [0.1, 0.15) is 31.0 Å². The van der Waals surface area contributed by atoms with E-state index >= 15 is 0 Å². The van der Waals surface area contributed by atoms with Crippen molar-refractivity contribution in [3.63, 3.8) is 0 Å². The number of carboxylic acid groups (broad SMARTS) is 1. The normalized spacial score (nSPS) is 25.2. The Balaban J connectivity index is 1.37. The molecule has 0 spiro atoms. The molecule has 2 heterocycles. The molecule has 0 saturated carbocycles. The molecule has 0 unspecified atom stereocenters. The zero-order chi connectivity index (χ0) is 37.9.